The smallest absolute Gasteiger partial charge is 0.343 e. The summed E-state index contributed by atoms with van der Waals surface area (Å²) in [5, 5.41) is 0. The number of rotatable bonds is 3. The van der Waals surface area contributed by atoms with Crippen LogP contribution in [0.5, 0.6) is 5.88 Å². The first-order valence-electron chi connectivity index (χ1n) is 5.26. The van der Waals surface area contributed by atoms with E-state index in [4.69, 9.17) is 4.74 Å². The van der Waals surface area contributed by atoms with E-state index in [2.05, 4.69) is 14.7 Å². The molecule has 0 aromatic carbocycles. The minimum Gasteiger partial charge on any atom is -0.466 e. The van der Waals surface area contributed by atoms with Gasteiger partial charge < -0.3 is 9.47 Å². The van der Waals surface area contributed by atoms with Gasteiger partial charge in [0.25, 0.3) is 0 Å². The van der Waals surface area contributed by atoms with E-state index in [-0.39, 0.29) is 6.61 Å². The van der Waals surface area contributed by atoms with Crippen LogP contribution in [-0.2, 0) is 22.4 Å². The van der Waals surface area contributed by atoms with Crippen LogP contribution in [0.4, 0.5) is 0 Å². The number of esters is 1. The Morgan fingerprint density at radius 2 is 2.19 bits per heavy atom. The zero-order valence-corrected chi connectivity index (χ0v) is 9.45. The van der Waals surface area contributed by atoms with Crippen molar-refractivity contribution in [1.82, 2.24) is 9.97 Å². The molecule has 0 unspecified atom stereocenters. The second kappa shape index (κ2) is 4.47. The summed E-state index contributed by atoms with van der Waals surface area (Å²) in [6, 6.07) is 0. The number of fused-ring (bicyclic) bond motifs is 1. The first-order valence-corrected chi connectivity index (χ1v) is 5.26. The van der Waals surface area contributed by atoms with Crippen molar-refractivity contribution in [3.63, 3.8) is 0 Å². The summed E-state index contributed by atoms with van der Waals surface area (Å²) in [7, 11) is 1.33. The maximum absolute atomic E-state index is 11.0. The molecule has 0 saturated heterocycles. The van der Waals surface area contributed by atoms with Crippen molar-refractivity contribution in [2.24, 2.45) is 0 Å². The molecule has 1 aromatic heterocycles. The molecule has 16 heavy (non-hydrogen) atoms. The van der Waals surface area contributed by atoms with Crippen LogP contribution in [0.25, 0.3) is 0 Å². The van der Waals surface area contributed by atoms with Crippen LogP contribution in [0.1, 0.15) is 23.5 Å². The molecule has 0 bridgehead atoms. The van der Waals surface area contributed by atoms with Crippen LogP contribution in [0.2, 0.25) is 0 Å². The molecule has 0 atom stereocenters. The quantitative estimate of drug-likeness (QED) is 0.709. The van der Waals surface area contributed by atoms with Gasteiger partial charge in [0.2, 0.25) is 5.88 Å². The third-order valence-corrected chi connectivity index (χ3v) is 2.56. The summed E-state index contributed by atoms with van der Waals surface area (Å²) in [6.07, 6.45) is 2.96. The van der Waals surface area contributed by atoms with Gasteiger partial charge in [-0.25, -0.2) is 9.78 Å². The summed E-state index contributed by atoms with van der Waals surface area (Å²) >= 11 is 0. The van der Waals surface area contributed by atoms with Gasteiger partial charge in [-0.05, 0) is 26.2 Å². The lowest BCUT2D eigenvalue weighted by atomic mass is 10.2. The molecule has 1 aliphatic carbocycles. The number of hydrogen-bond donors (Lipinski definition) is 0. The van der Waals surface area contributed by atoms with Crippen LogP contribution in [0.3, 0.4) is 0 Å². The number of aryl methyl sites for hydroxylation is 2. The van der Waals surface area contributed by atoms with Gasteiger partial charge in [-0.1, -0.05) is 0 Å². The van der Waals surface area contributed by atoms with Crippen molar-refractivity contribution < 1.29 is 14.3 Å². The molecule has 0 spiro atoms. The molecule has 0 fully saturated rings. The van der Waals surface area contributed by atoms with Crippen LogP contribution in [0, 0.1) is 6.92 Å². The Bertz CT molecular complexity index is 418. The Balaban J connectivity index is 2.17. The van der Waals surface area contributed by atoms with E-state index in [0.717, 1.165) is 30.5 Å². The van der Waals surface area contributed by atoms with Crippen molar-refractivity contribution >= 4 is 5.97 Å². The highest BCUT2D eigenvalue weighted by atomic mass is 16.6. The Kier molecular flexibility index (Phi) is 3.03. The zero-order chi connectivity index (χ0) is 11.5. The van der Waals surface area contributed by atoms with E-state index in [0.29, 0.717) is 11.7 Å². The average Bonchev–Trinajstić information content (AvgIpc) is 2.73. The molecule has 0 N–H and O–H groups in total. The standard InChI is InChI=1S/C11H14N2O3/c1-7-12-9-5-3-4-8(9)11(13-7)16-6-10(14)15-2/h3-6H2,1-2H3. The largest absolute Gasteiger partial charge is 0.466 e. The van der Waals surface area contributed by atoms with E-state index in [1.165, 1.54) is 7.11 Å². The van der Waals surface area contributed by atoms with Gasteiger partial charge in [-0.15, -0.1) is 0 Å². The molecule has 1 heterocycles. The number of nitrogens with zero attached hydrogens (tertiary/aromatic N) is 2. The average molecular weight is 222 g/mol. The van der Waals surface area contributed by atoms with Crippen LogP contribution < -0.4 is 4.74 Å². The summed E-state index contributed by atoms with van der Waals surface area (Å²) < 4.78 is 9.87. The van der Waals surface area contributed by atoms with Crippen molar-refractivity contribution in [2.45, 2.75) is 26.2 Å². The topological polar surface area (TPSA) is 61.3 Å². The van der Waals surface area contributed by atoms with Crippen molar-refractivity contribution in [1.29, 1.82) is 0 Å². The van der Waals surface area contributed by atoms with E-state index < -0.39 is 5.97 Å². The van der Waals surface area contributed by atoms with Crippen LogP contribution in [0.15, 0.2) is 0 Å². The Labute approximate surface area is 93.8 Å². The fourth-order valence-corrected chi connectivity index (χ4v) is 1.82. The highest BCUT2D eigenvalue weighted by molar-refractivity contribution is 5.70. The summed E-state index contributed by atoms with van der Waals surface area (Å²) in [5.74, 6) is 0.814. The molecule has 0 aliphatic heterocycles. The summed E-state index contributed by atoms with van der Waals surface area (Å²) in [5.41, 5.74) is 2.09. The van der Waals surface area contributed by atoms with Gasteiger partial charge >= 0.3 is 5.97 Å². The van der Waals surface area contributed by atoms with Gasteiger partial charge in [0.1, 0.15) is 5.82 Å². The minimum absolute atomic E-state index is 0.0978. The Morgan fingerprint density at radius 3 is 2.94 bits per heavy atom. The number of carbonyl (C=O) groups excluding carboxylic acids is 1. The number of hydrogen-bond acceptors (Lipinski definition) is 5. The molecular weight excluding hydrogens is 208 g/mol. The minimum atomic E-state index is -0.400. The van der Waals surface area contributed by atoms with Crippen molar-refractivity contribution in [3.05, 3.63) is 17.1 Å². The lowest BCUT2D eigenvalue weighted by Crippen LogP contribution is -2.14. The molecular formula is C11H14N2O3. The molecule has 5 heteroatoms. The zero-order valence-electron chi connectivity index (χ0n) is 9.45. The van der Waals surface area contributed by atoms with E-state index in [1.54, 1.807) is 0 Å². The first-order chi connectivity index (χ1) is 7.70. The monoisotopic (exact) mass is 222 g/mol. The third-order valence-electron chi connectivity index (χ3n) is 2.56. The van der Waals surface area contributed by atoms with Crippen molar-refractivity contribution in [2.75, 3.05) is 13.7 Å². The highest BCUT2D eigenvalue weighted by Crippen LogP contribution is 2.27. The number of aromatic nitrogens is 2. The summed E-state index contributed by atoms with van der Waals surface area (Å²) in [4.78, 5) is 19.5. The van der Waals surface area contributed by atoms with Gasteiger partial charge in [0.15, 0.2) is 6.61 Å². The molecule has 0 radical (unpaired) electrons. The molecule has 1 aliphatic rings. The van der Waals surface area contributed by atoms with E-state index in [1.807, 2.05) is 6.92 Å². The molecule has 1 aromatic rings. The highest BCUT2D eigenvalue weighted by Gasteiger charge is 2.20. The lowest BCUT2D eigenvalue weighted by Gasteiger charge is -2.09. The predicted octanol–water partition coefficient (Wildman–Crippen LogP) is 0.826. The summed E-state index contributed by atoms with van der Waals surface area (Å²) in [6.45, 7) is 1.73. The molecule has 86 valence electrons. The predicted molar refractivity (Wildman–Crippen MR) is 56.3 cm³/mol. The second-order valence-electron chi connectivity index (χ2n) is 3.72. The Hall–Kier alpha value is -1.65. The van der Waals surface area contributed by atoms with E-state index >= 15 is 0 Å². The third kappa shape index (κ3) is 2.13. The van der Waals surface area contributed by atoms with Gasteiger partial charge in [-0.2, -0.15) is 4.98 Å². The van der Waals surface area contributed by atoms with Gasteiger partial charge in [0, 0.05) is 5.56 Å². The second-order valence-corrected chi connectivity index (χ2v) is 3.72. The lowest BCUT2D eigenvalue weighted by molar-refractivity contribution is -0.143. The van der Waals surface area contributed by atoms with Gasteiger partial charge in [0.05, 0.1) is 12.8 Å². The molecule has 2 rings (SSSR count). The number of methoxy groups -OCH3 is 1. The Morgan fingerprint density at radius 1 is 1.38 bits per heavy atom. The molecule has 0 saturated carbocycles. The van der Waals surface area contributed by atoms with Crippen LogP contribution in [-0.4, -0.2) is 29.7 Å². The van der Waals surface area contributed by atoms with Crippen LogP contribution >= 0.6 is 0 Å². The first kappa shape index (κ1) is 10.9. The normalized spacial score (nSPS) is 13.4. The number of carbonyl (C=O) groups is 1. The fraction of sp³-hybridized carbons (Fsp3) is 0.545. The maximum Gasteiger partial charge on any atom is 0.343 e. The van der Waals surface area contributed by atoms with Crippen molar-refractivity contribution in [3.8, 4) is 5.88 Å². The molecule has 0 amide bonds. The van der Waals surface area contributed by atoms with Gasteiger partial charge in [-0.3, -0.25) is 0 Å². The maximum atomic E-state index is 11.0. The fourth-order valence-electron chi connectivity index (χ4n) is 1.82. The number of ether oxygens (including phenoxy) is 2. The van der Waals surface area contributed by atoms with E-state index in [9.17, 15) is 4.79 Å². The molecule has 5 nitrogen and oxygen atoms in total. The SMILES string of the molecule is COC(=O)COc1nc(C)nc2c1CCC2.